The highest BCUT2D eigenvalue weighted by molar-refractivity contribution is 6.88. The summed E-state index contributed by atoms with van der Waals surface area (Å²) in [5.41, 5.74) is 4.21. The molecule has 0 spiro atoms. The molecular formula is C22H19B. The second kappa shape index (κ2) is 5.59. The Bertz CT molecular complexity index is 947. The number of aryl methyl sites for hydroxylation is 1. The maximum absolute atomic E-state index is 2.33. The van der Waals surface area contributed by atoms with Gasteiger partial charge in [0.2, 0.25) is 6.71 Å². The zero-order valence-corrected chi connectivity index (χ0v) is 13.6. The van der Waals surface area contributed by atoms with Gasteiger partial charge in [0.25, 0.3) is 0 Å². The van der Waals surface area contributed by atoms with Crippen molar-refractivity contribution < 1.29 is 0 Å². The second-order valence-electron chi connectivity index (χ2n) is 6.31. The summed E-state index contributed by atoms with van der Waals surface area (Å²) < 4.78 is 0. The van der Waals surface area contributed by atoms with Crippen molar-refractivity contribution >= 4 is 39.2 Å². The first-order chi connectivity index (χ1) is 11.3. The van der Waals surface area contributed by atoms with E-state index in [1.165, 1.54) is 38.0 Å². The molecule has 0 aliphatic carbocycles. The lowest BCUT2D eigenvalue weighted by atomic mass is 9.40. The number of rotatable bonds is 2. The van der Waals surface area contributed by atoms with Gasteiger partial charge in [-0.2, -0.15) is 0 Å². The lowest BCUT2D eigenvalue weighted by Gasteiger charge is -2.18. The van der Waals surface area contributed by atoms with Gasteiger partial charge in [0.05, 0.1) is 0 Å². The number of fused-ring (bicyclic) bond motifs is 2. The summed E-state index contributed by atoms with van der Waals surface area (Å²) in [6.07, 6.45) is 0. The monoisotopic (exact) mass is 294 g/mol. The molecule has 0 saturated carbocycles. The molecule has 0 aliphatic rings. The molecule has 0 N–H and O–H groups in total. The summed E-state index contributed by atoms with van der Waals surface area (Å²) >= 11 is 0. The Hall–Kier alpha value is -2.54. The van der Waals surface area contributed by atoms with Crippen LogP contribution in [0.25, 0.3) is 21.5 Å². The van der Waals surface area contributed by atoms with Crippen LogP contribution < -0.4 is 10.9 Å². The Balaban J connectivity index is 2.09. The van der Waals surface area contributed by atoms with Crippen molar-refractivity contribution in [1.29, 1.82) is 0 Å². The zero-order valence-electron chi connectivity index (χ0n) is 13.6. The van der Waals surface area contributed by atoms with Crippen LogP contribution in [0.4, 0.5) is 0 Å². The third-order valence-electron chi connectivity index (χ3n) is 4.90. The highest BCUT2D eigenvalue weighted by Gasteiger charge is 2.20. The van der Waals surface area contributed by atoms with Crippen LogP contribution in [-0.2, 0) is 0 Å². The predicted octanol–water partition coefficient (Wildman–Crippen LogP) is 4.54. The lowest BCUT2D eigenvalue weighted by Crippen LogP contribution is -2.41. The normalized spacial score (nSPS) is 11.0. The Morgan fingerprint density at radius 1 is 0.652 bits per heavy atom. The molecule has 4 rings (SSSR count). The summed E-state index contributed by atoms with van der Waals surface area (Å²) in [6.45, 7) is 4.91. The van der Waals surface area contributed by atoms with Crippen LogP contribution in [0.1, 0.15) is 5.56 Å². The third-order valence-corrected chi connectivity index (χ3v) is 4.90. The smallest absolute Gasteiger partial charge is 0.0773 e. The molecule has 0 fully saturated rings. The summed E-state index contributed by atoms with van der Waals surface area (Å²) in [5.74, 6) is 0. The van der Waals surface area contributed by atoms with Crippen molar-refractivity contribution in [3.05, 3.63) is 84.4 Å². The molecule has 0 nitrogen and oxygen atoms in total. The van der Waals surface area contributed by atoms with Crippen molar-refractivity contribution in [1.82, 2.24) is 0 Å². The fraction of sp³-hybridized carbons (Fsp3) is 0.0909. The van der Waals surface area contributed by atoms with Crippen molar-refractivity contribution in [2.75, 3.05) is 0 Å². The molecule has 0 aromatic heterocycles. The van der Waals surface area contributed by atoms with E-state index < -0.39 is 0 Å². The number of benzene rings is 4. The van der Waals surface area contributed by atoms with Crippen molar-refractivity contribution in [2.24, 2.45) is 0 Å². The maximum atomic E-state index is 2.33. The third kappa shape index (κ3) is 2.33. The molecule has 0 amide bonds. The van der Waals surface area contributed by atoms with E-state index >= 15 is 0 Å². The van der Waals surface area contributed by atoms with E-state index in [4.69, 9.17) is 0 Å². The molecule has 0 bridgehead atoms. The minimum Gasteiger partial charge on any atom is -0.0773 e. The van der Waals surface area contributed by atoms with E-state index in [1.807, 2.05) is 0 Å². The van der Waals surface area contributed by atoms with Gasteiger partial charge in [0, 0.05) is 0 Å². The van der Waals surface area contributed by atoms with Gasteiger partial charge in [0.1, 0.15) is 0 Å². The fourth-order valence-corrected chi connectivity index (χ4v) is 3.74. The average Bonchev–Trinajstić information content (AvgIpc) is 2.59. The predicted molar refractivity (Wildman–Crippen MR) is 104 cm³/mol. The van der Waals surface area contributed by atoms with Gasteiger partial charge < -0.3 is 0 Å². The van der Waals surface area contributed by atoms with Crippen molar-refractivity contribution in [3.63, 3.8) is 0 Å². The van der Waals surface area contributed by atoms with E-state index in [1.54, 1.807) is 0 Å². The lowest BCUT2D eigenvalue weighted by molar-refractivity contribution is 1.51. The van der Waals surface area contributed by atoms with Gasteiger partial charge in [-0.05, 0) is 34.5 Å². The molecule has 0 unspecified atom stereocenters. The topological polar surface area (TPSA) is 0 Å². The van der Waals surface area contributed by atoms with E-state index in [-0.39, 0.29) is 0 Å². The number of hydrogen-bond donors (Lipinski definition) is 0. The van der Waals surface area contributed by atoms with Gasteiger partial charge >= 0.3 is 0 Å². The van der Waals surface area contributed by atoms with Gasteiger partial charge in [-0.1, -0.05) is 96.1 Å². The molecule has 4 aromatic carbocycles. The van der Waals surface area contributed by atoms with E-state index in [9.17, 15) is 0 Å². The van der Waals surface area contributed by atoms with Crippen LogP contribution in [0.5, 0.6) is 0 Å². The van der Waals surface area contributed by atoms with Crippen molar-refractivity contribution in [2.45, 2.75) is 13.7 Å². The minimum absolute atomic E-state index is 0.368. The first kappa shape index (κ1) is 14.1. The second-order valence-corrected chi connectivity index (χ2v) is 6.31. The molecule has 110 valence electrons. The van der Waals surface area contributed by atoms with Gasteiger partial charge in [-0.25, -0.2) is 0 Å². The standard InChI is InChI=1S/C22H19B/c1-16-9-3-8-14-21(16)23(2)22-19-12-6-4-10-17(19)15-18-11-5-7-13-20(18)22/h3-15H,1-2H3. The van der Waals surface area contributed by atoms with Gasteiger partial charge in [-0.15, -0.1) is 0 Å². The first-order valence-electron chi connectivity index (χ1n) is 8.21. The van der Waals surface area contributed by atoms with E-state index in [2.05, 4.69) is 92.6 Å². The average molecular weight is 294 g/mol. The Morgan fingerprint density at radius 2 is 1.17 bits per heavy atom. The van der Waals surface area contributed by atoms with Gasteiger partial charge in [-0.3, -0.25) is 0 Å². The van der Waals surface area contributed by atoms with Crippen LogP contribution in [-0.4, -0.2) is 6.71 Å². The summed E-state index contributed by atoms with van der Waals surface area (Å²) in [4.78, 5) is 0. The first-order valence-corrected chi connectivity index (χ1v) is 8.21. The molecular weight excluding hydrogens is 275 g/mol. The Morgan fingerprint density at radius 3 is 1.78 bits per heavy atom. The fourth-order valence-electron chi connectivity index (χ4n) is 3.74. The zero-order chi connectivity index (χ0) is 15.8. The van der Waals surface area contributed by atoms with E-state index in [0.29, 0.717) is 6.71 Å². The molecule has 0 saturated heterocycles. The molecule has 0 aliphatic heterocycles. The minimum atomic E-state index is 0.368. The van der Waals surface area contributed by atoms with Crippen molar-refractivity contribution in [3.8, 4) is 0 Å². The Labute approximate surface area is 137 Å². The largest absolute Gasteiger partial charge is 0.208 e. The SMILES string of the molecule is CB(c1ccccc1C)c1c2ccccc2cc2ccccc12. The highest BCUT2D eigenvalue weighted by atomic mass is 14.1. The molecule has 1 heteroatoms. The van der Waals surface area contributed by atoms with Crippen LogP contribution in [0, 0.1) is 6.92 Å². The maximum Gasteiger partial charge on any atom is 0.208 e. The quantitative estimate of drug-likeness (QED) is 0.376. The molecule has 0 radical (unpaired) electrons. The summed E-state index contributed by atoms with van der Waals surface area (Å²) in [6, 6.07) is 28.5. The number of hydrogen-bond acceptors (Lipinski definition) is 0. The molecule has 23 heavy (non-hydrogen) atoms. The summed E-state index contributed by atoms with van der Waals surface area (Å²) in [5, 5.41) is 5.37. The summed E-state index contributed by atoms with van der Waals surface area (Å²) in [7, 11) is 0. The molecule has 0 heterocycles. The van der Waals surface area contributed by atoms with Crippen LogP contribution in [0.3, 0.4) is 0 Å². The van der Waals surface area contributed by atoms with Crippen LogP contribution >= 0.6 is 0 Å². The molecule has 0 atom stereocenters. The highest BCUT2D eigenvalue weighted by Crippen LogP contribution is 2.22. The van der Waals surface area contributed by atoms with Crippen LogP contribution in [0.15, 0.2) is 78.9 Å². The van der Waals surface area contributed by atoms with Crippen LogP contribution in [0.2, 0.25) is 6.82 Å². The molecule has 4 aromatic rings. The Kier molecular flexibility index (Phi) is 3.42. The van der Waals surface area contributed by atoms with Gasteiger partial charge in [0.15, 0.2) is 0 Å². The van der Waals surface area contributed by atoms with E-state index in [0.717, 1.165) is 0 Å².